The van der Waals surface area contributed by atoms with Gasteiger partial charge in [-0.05, 0) is 38.0 Å². The average Bonchev–Trinajstić information content (AvgIpc) is 2.38. The van der Waals surface area contributed by atoms with Crippen molar-refractivity contribution in [3.63, 3.8) is 0 Å². The highest BCUT2D eigenvalue weighted by Gasteiger charge is 2.14. The summed E-state index contributed by atoms with van der Waals surface area (Å²) in [6.45, 7) is 3.90. The van der Waals surface area contributed by atoms with E-state index in [9.17, 15) is 14.0 Å². The third-order valence-electron chi connectivity index (χ3n) is 2.45. The van der Waals surface area contributed by atoms with E-state index in [0.29, 0.717) is 18.6 Å². The summed E-state index contributed by atoms with van der Waals surface area (Å²) in [6, 6.07) is 4.15. The third kappa shape index (κ3) is 4.69. The van der Waals surface area contributed by atoms with Gasteiger partial charge in [0.05, 0.1) is 18.8 Å². The summed E-state index contributed by atoms with van der Waals surface area (Å²) in [5.41, 5.74) is 0.584. The topological polar surface area (TPSA) is 52.6 Å². The van der Waals surface area contributed by atoms with E-state index in [4.69, 9.17) is 9.47 Å². The number of benzene rings is 1. The molecule has 0 bridgehead atoms. The Bertz CT molecular complexity index is 457. The van der Waals surface area contributed by atoms with Gasteiger partial charge in [-0.25, -0.2) is 9.18 Å². The second-order valence-electron chi connectivity index (χ2n) is 3.84. The maximum Gasteiger partial charge on any atom is 0.341 e. The van der Waals surface area contributed by atoms with Crippen LogP contribution in [0.25, 0.3) is 0 Å². The quantitative estimate of drug-likeness (QED) is 0.744. The number of aryl methyl sites for hydroxylation is 1. The molecule has 0 saturated heterocycles. The van der Waals surface area contributed by atoms with Gasteiger partial charge in [-0.15, -0.1) is 0 Å². The molecule has 1 aromatic carbocycles. The second-order valence-corrected chi connectivity index (χ2v) is 3.84. The first-order valence-corrected chi connectivity index (χ1v) is 6.19. The summed E-state index contributed by atoms with van der Waals surface area (Å²) >= 11 is 0. The summed E-state index contributed by atoms with van der Waals surface area (Å²) < 4.78 is 23.0. The molecule has 5 heteroatoms. The number of hydrogen-bond donors (Lipinski definition) is 0. The van der Waals surface area contributed by atoms with Crippen LogP contribution in [0.4, 0.5) is 4.39 Å². The number of hydrogen-bond acceptors (Lipinski definition) is 4. The number of ether oxygens (including phenoxy) is 2. The van der Waals surface area contributed by atoms with Gasteiger partial charge in [-0.1, -0.05) is 6.07 Å². The minimum absolute atomic E-state index is 0.108. The summed E-state index contributed by atoms with van der Waals surface area (Å²) in [5.74, 6) is -1.64. The van der Waals surface area contributed by atoms with E-state index in [2.05, 4.69) is 0 Å². The fraction of sp³-hybridized carbons (Fsp3) is 0.429. The Morgan fingerprint density at radius 2 is 1.84 bits per heavy atom. The van der Waals surface area contributed by atoms with Crippen LogP contribution in [0.5, 0.6) is 0 Å². The van der Waals surface area contributed by atoms with Crippen molar-refractivity contribution in [2.75, 3.05) is 13.2 Å². The first kappa shape index (κ1) is 15.1. The predicted octanol–water partition coefficient (Wildman–Crippen LogP) is 2.50. The summed E-state index contributed by atoms with van der Waals surface area (Å²) in [7, 11) is 0. The zero-order valence-corrected chi connectivity index (χ0v) is 11.1. The average molecular weight is 268 g/mol. The van der Waals surface area contributed by atoms with Crippen molar-refractivity contribution in [2.45, 2.75) is 26.7 Å². The van der Waals surface area contributed by atoms with Crippen molar-refractivity contribution in [3.8, 4) is 0 Å². The predicted molar refractivity (Wildman–Crippen MR) is 67.3 cm³/mol. The van der Waals surface area contributed by atoms with Crippen LogP contribution >= 0.6 is 0 Å². The monoisotopic (exact) mass is 268 g/mol. The molecule has 1 aromatic rings. The van der Waals surface area contributed by atoms with Crippen LogP contribution in [0.2, 0.25) is 0 Å². The molecule has 0 aliphatic carbocycles. The number of carbonyl (C=O) groups excluding carboxylic acids is 2. The van der Waals surface area contributed by atoms with E-state index in [0.717, 1.165) is 0 Å². The maximum absolute atomic E-state index is 13.5. The van der Waals surface area contributed by atoms with E-state index < -0.39 is 11.8 Å². The smallest absolute Gasteiger partial charge is 0.341 e. The first-order valence-electron chi connectivity index (χ1n) is 6.19. The molecule has 0 saturated carbocycles. The molecule has 0 N–H and O–H groups in total. The van der Waals surface area contributed by atoms with Crippen LogP contribution in [-0.2, 0) is 20.7 Å². The van der Waals surface area contributed by atoms with E-state index in [1.807, 2.05) is 0 Å². The van der Waals surface area contributed by atoms with Crippen molar-refractivity contribution in [3.05, 3.63) is 35.1 Å². The molecule has 0 heterocycles. The summed E-state index contributed by atoms with van der Waals surface area (Å²) in [6.07, 6.45) is 0.591. The zero-order chi connectivity index (χ0) is 14.3. The molecule has 0 aliphatic rings. The lowest BCUT2D eigenvalue weighted by Gasteiger charge is -2.06. The number of rotatable bonds is 6. The van der Waals surface area contributed by atoms with E-state index in [1.54, 1.807) is 13.8 Å². The lowest BCUT2D eigenvalue weighted by molar-refractivity contribution is -0.143. The van der Waals surface area contributed by atoms with Gasteiger partial charge in [0, 0.05) is 6.42 Å². The largest absolute Gasteiger partial charge is 0.466 e. The second kappa shape index (κ2) is 7.51. The van der Waals surface area contributed by atoms with Crippen molar-refractivity contribution in [1.29, 1.82) is 0 Å². The first-order chi connectivity index (χ1) is 9.08. The molecule has 0 spiro atoms. The highest BCUT2D eigenvalue weighted by molar-refractivity contribution is 5.89. The van der Waals surface area contributed by atoms with E-state index in [-0.39, 0.29) is 24.6 Å². The van der Waals surface area contributed by atoms with E-state index in [1.165, 1.54) is 18.2 Å². The molecule has 19 heavy (non-hydrogen) atoms. The molecular formula is C14H17FO4. The normalized spacial score (nSPS) is 10.1. The Morgan fingerprint density at radius 1 is 1.16 bits per heavy atom. The molecule has 0 aliphatic heterocycles. The fourth-order valence-electron chi connectivity index (χ4n) is 1.57. The van der Waals surface area contributed by atoms with Crippen molar-refractivity contribution in [2.24, 2.45) is 0 Å². The molecule has 0 radical (unpaired) electrons. The fourth-order valence-corrected chi connectivity index (χ4v) is 1.57. The zero-order valence-electron chi connectivity index (χ0n) is 11.1. The molecule has 0 atom stereocenters. The number of carbonyl (C=O) groups is 2. The van der Waals surface area contributed by atoms with Gasteiger partial charge < -0.3 is 9.47 Å². The van der Waals surface area contributed by atoms with Crippen LogP contribution in [0.3, 0.4) is 0 Å². The van der Waals surface area contributed by atoms with Crippen molar-refractivity contribution >= 4 is 11.9 Å². The Hall–Kier alpha value is -1.91. The lowest BCUT2D eigenvalue weighted by atomic mass is 10.1. The minimum Gasteiger partial charge on any atom is -0.466 e. The standard InChI is InChI=1S/C14H17FO4/c1-3-18-13(16)8-6-10-5-7-12(15)11(9-10)14(17)19-4-2/h5,7,9H,3-4,6,8H2,1-2H3. The highest BCUT2D eigenvalue weighted by atomic mass is 19.1. The highest BCUT2D eigenvalue weighted by Crippen LogP contribution is 2.14. The Morgan fingerprint density at radius 3 is 2.47 bits per heavy atom. The number of halogens is 1. The SMILES string of the molecule is CCOC(=O)CCc1ccc(F)c(C(=O)OCC)c1. The summed E-state index contributed by atoms with van der Waals surface area (Å²) in [4.78, 5) is 22.7. The van der Waals surface area contributed by atoms with Gasteiger partial charge in [0.25, 0.3) is 0 Å². The van der Waals surface area contributed by atoms with Gasteiger partial charge in [0.1, 0.15) is 5.82 Å². The molecule has 1 rings (SSSR count). The maximum atomic E-state index is 13.5. The van der Waals surface area contributed by atoms with Crippen LogP contribution in [0.15, 0.2) is 18.2 Å². The van der Waals surface area contributed by atoms with Crippen LogP contribution in [0, 0.1) is 5.82 Å². The minimum atomic E-state index is -0.696. The van der Waals surface area contributed by atoms with Crippen LogP contribution in [0.1, 0.15) is 36.2 Å². The van der Waals surface area contributed by atoms with Gasteiger partial charge in [0.15, 0.2) is 0 Å². The Labute approximate surface area is 111 Å². The van der Waals surface area contributed by atoms with Crippen molar-refractivity contribution < 1.29 is 23.5 Å². The summed E-state index contributed by atoms with van der Waals surface area (Å²) in [5, 5.41) is 0. The lowest BCUT2D eigenvalue weighted by Crippen LogP contribution is -2.09. The molecule has 0 fully saturated rings. The third-order valence-corrected chi connectivity index (χ3v) is 2.45. The molecule has 4 nitrogen and oxygen atoms in total. The number of esters is 2. The van der Waals surface area contributed by atoms with Gasteiger partial charge in [-0.2, -0.15) is 0 Å². The van der Waals surface area contributed by atoms with Gasteiger partial charge >= 0.3 is 11.9 Å². The molecule has 0 aromatic heterocycles. The van der Waals surface area contributed by atoms with Gasteiger partial charge in [-0.3, -0.25) is 4.79 Å². The Kier molecular flexibility index (Phi) is 5.99. The molecular weight excluding hydrogens is 251 g/mol. The van der Waals surface area contributed by atoms with E-state index >= 15 is 0 Å². The van der Waals surface area contributed by atoms with Gasteiger partial charge in [0.2, 0.25) is 0 Å². The van der Waals surface area contributed by atoms with Crippen LogP contribution in [-0.4, -0.2) is 25.2 Å². The molecule has 104 valence electrons. The molecule has 0 amide bonds. The molecule has 0 unspecified atom stereocenters. The van der Waals surface area contributed by atoms with Crippen molar-refractivity contribution in [1.82, 2.24) is 0 Å². The Balaban J connectivity index is 2.73. The van der Waals surface area contributed by atoms with Crippen LogP contribution < -0.4 is 0 Å².